The number of anilines is 1. The molecule has 0 bridgehead atoms. The van der Waals surface area contributed by atoms with Crippen LogP contribution < -0.4 is 10.6 Å². The number of carbonyl (C=O) groups excluding carboxylic acids is 2. The molecule has 2 heterocycles. The molecule has 3 rings (SSSR count). The number of aromatic amines is 1. The lowest BCUT2D eigenvalue weighted by Crippen LogP contribution is -2.37. The Labute approximate surface area is 163 Å². The maximum Gasteiger partial charge on any atom is 0.256 e. The van der Waals surface area contributed by atoms with Crippen LogP contribution in [0.5, 0.6) is 0 Å². The number of amides is 2. The lowest BCUT2D eigenvalue weighted by Gasteiger charge is -2.18. The summed E-state index contributed by atoms with van der Waals surface area (Å²) in [6, 6.07) is 4.19. The van der Waals surface area contributed by atoms with Gasteiger partial charge in [0, 0.05) is 22.6 Å². The van der Waals surface area contributed by atoms with Crippen LogP contribution in [0.3, 0.4) is 0 Å². The van der Waals surface area contributed by atoms with E-state index in [0.29, 0.717) is 34.8 Å². The second-order valence-corrected chi connectivity index (χ2v) is 6.83. The van der Waals surface area contributed by atoms with Crippen molar-refractivity contribution >= 4 is 29.2 Å². The number of aryl methyl sites for hydroxylation is 1. The molecular weight excluding hydrogens is 359 g/mol. The number of nitrogens with one attached hydrogen (secondary N) is 3. The molecule has 0 saturated heterocycles. The average molecular weight is 384 g/mol. The van der Waals surface area contributed by atoms with Gasteiger partial charge in [-0.1, -0.05) is 13.8 Å². The van der Waals surface area contributed by atoms with Crippen LogP contribution in [-0.2, 0) is 4.79 Å². The molecular formula is C21H25FN4O2. The molecule has 0 saturated carbocycles. The average Bonchev–Trinajstić information content (AvgIpc) is 3.12. The molecule has 0 radical (unpaired) electrons. The van der Waals surface area contributed by atoms with Gasteiger partial charge < -0.3 is 15.6 Å². The number of halogens is 1. The summed E-state index contributed by atoms with van der Waals surface area (Å²) in [5.41, 5.74) is 4.16. The van der Waals surface area contributed by atoms with Crippen molar-refractivity contribution in [1.29, 1.82) is 0 Å². The van der Waals surface area contributed by atoms with Crippen LogP contribution in [0.25, 0.3) is 11.6 Å². The Hall–Kier alpha value is -2.93. The summed E-state index contributed by atoms with van der Waals surface area (Å²) in [7, 11) is 0. The normalized spacial score (nSPS) is 14.5. The zero-order chi connectivity index (χ0) is 20.4. The smallest absolute Gasteiger partial charge is 0.256 e. The Balaban J connectivity index is 1.91. The van der Waals surface area contributed by atoms with Crippen molar-refractivity contribution in [3.8, 4) is 0 Å². The van der Waals surface area contributed by atoms with E-state index in [9.17, 15) is 14.0 Å². The molecule has 28 heavy (non-hydrogen) atoms. The van der Waals surface area contributed by atoms with E-state index in [1.807, 2.05) is 27.7 Å². The molecule has 0 unspecified atom stereocenters. The maximum absolute atomic E-state index is 13.6. The minimum Gasteiger partial charge on any atom is -0.358 e. The minimum atomic E-state index is -0.406. The van der Waals surface area contributed by atoms with Crippen molar-refractivity contribution in [3.05, 3.63) is 52.1 Å². The predicted molar refractivity (Wildman–Crippen MR) is 108 cm³/mol. The first-order valence-corrected chi connectivity index (χ1v) is 9.38. The fourth-order valence-electron chi connectivity index (χ4n) is 3.43. The monoisotopic (exact) mass is 384 g/mol. The standard InChI is InChI=1S/C21H25FN4O2/c1-5-26(6-2)11-23-21(28)19-12(3)18(24-13(19)4)10-16-15-9-14(22)7-8-17(15)25-20(16)27/h7-10,24H,5-6,11H2,1-4H3,(H,23,28)(H,25,27)/b16-10-. The number of nitrogens with zero attached hydrogens (tertiary/aromatic N) is 1. The Kier molecular flexibility index (Phi) is 5.65. The highest BCUT2D eigenvalue weighted by Crippen LogP contribution is 2.34. The van der Waals surface area contributed by atoms with Gasteiger partial charge in [-0.2, -0.15) is 0 Å². The van der Waals surface area contributed by atoms with E-state index in [1.165, 1.54) is 12.1 Å². The summed E-state index contributed by atoms with van der Waals surface area (Å²) in [6.45, 7) is 9.92. The van der Waals surface area contributed by atoms with Gasteiger partial charge in [-0.05, 0) is 56.8 Å². The van der Waals surface area contributed by atoms with Crippen molar-refractivity contribution in [3.63, 3.8) is 0 Å². The van der Waals surface area contributed by atoms with Crippen LogP contribution in [0.2, 0.25) is 0 Å². The van der Waals surface area contributed by atoms with E-state index in [4.69, 9.17) is 0 Å². The molecule has 6 nitrogen and oxygen atoms in total. The SMILES string of the molecule is CCN(CC)CNC(=O)c1c(C)[nH]c(/C=C2\C(=O)Nc3ccc(F)cc32)c1C. The Bertz CT molecular complexity index is 958. The Morgan fingerprint density at radius 1 is 1.25 bits per heavy atom. The van der Waals surface area contributed by atoms with Gasteiger partial charge in [-0.15, -0.1) is 0 Å². The second kappa shape index (κ2) is 7.98. The van der Waals surface area contributed by atoms with Crippen LogP contribution in [0.1, 0.15) is 46.7 Å². The molecule has 0 atom stereocenters. The van der Waals surface area contributed by atoms with Gasteiger partial charge in [-0.3, -0.25) is 14.5 Å². The lowest BCUT2D eigenvalue weighted by molar-refractivity contribution is -0.110. The lowest BCUT2D eigenvalue weighted by atomic mass is 10.0. The highest BCUT2D eigenvalue weighted by Gasteiger charge is 2.26. The van der Waals surface area contributed by atoms with Crippen molar-refractivity contribution < 1.29 is 14.0 Å². The van der Waals surface area contributed by atoms with Gasteiger partial charge in [-0.25, -0.2) is 4.39 Å². The molecule has 3 N–H and O–H groups in total. The van der Waals surface area contributed by atoms with E-state index in [2.05, 4.69) is 20.5 Å². The summed E-state index contributed by atoms with van der Waals surface area (Å²) < 4.78 is 13.6. The Morgan fingerprint density at radius 2 is 1.96 bits per heavy atom. The van der Waals surface area contributed by atoms with Crippen LogP contribution in [0.4, 0.5) is 10.1 Å². The summed E-state index contributed by atoms with van der Waals surface area (Å²) in [5.74, 6) is -0.859. The molecule has 1 aromatic carbocycles. The third kappa shape index (κ3) is 3.71. The third-order valence-corrected chi connectivity index (χ3v) is 5.11. The van der Waals surface area contributed by atoms with E-state index < -0.39 is 5.82 Å². The van der Waals surface area contributed by atoms with Gasteiger partial charge in [0.25, 0.3) is 11.8 Å². The molecule has 2 aromatic rings. The van der Waals surface area contributed by atoms with E-state index in [1.54, 1.807) is 12.1 Å². The van der Waals surface area contributed by atoms with E-state index >= 15 is 0 Å². The third-order valence-electron chi connectivity index (χ3n) is 5.11. The summed E-state index contributed by atoms with van der Waals surface area (Å²) in [6.07, 6.45) is 1.67. The van der Waals surface area contributed by atoms with Crippen LogP contribution in [0, 0.1) is 19.7 Å². The zero-order valence-electron chi connectivity index (χ0n) is 16.6. The number of hydrogen-bond acceptors (Lipinski definition) is 3. The number of benzene rings is 1. The number of H-pyrrole nitrogens is 1. The Morgan fingerprint density at radius 3 is 2.64 bits per heavy atom. The zero-order valence-corrected chi connectivity index (χ0v) is 16.6. The number of fused-ring (bicyclic) bond motifs is 1. The van der Waals surface area contributed by atoms with Gasteiger partial charge in [0.05, 0.1) is 17.8 Å². The molecule has 2 amide bonds. The fraction of sp³-hybridized carbons (Fsp3) is 0.333. The van der Waals surface area contributed by atoms with E-state index in [-0.39, 0.29) is 11.8 Å². The van der Waals surface area contributed by atoms with E-state index in [0.717, 1.165) is 24.3 Å². The molecule has 7 heteroatoms. The number of aromatic nitrogens is 1. The number of hydrogen-bond donors (Lipinski definition) is 3. The first-order chi connectivity index (χ1) is 13.3. The van der Waals surface area contributed by atoms with Crippen molar-refractivity contribution in [2.75, 3.05) is 25.1 Å². The first kappa shape index (κ1) is 19.8. The summed E-state index contributed by atoms with van der Waals surface area (Å²) >= 11 is 0. The highest BCUT2D eigenvalue weighted by atomic mass is 19.1. The molecule has 0 fully saturated rings. The van der Waals surface area contributed by atoms with Crippen LogP contribution in [-0.4, -0.2) is 41.5 Å². The molecule has 1 aromatic heterocycles. The molecule has 148 valence electrons. The van der Waals surface area contributed by atoms with Gasteiger partial charge in [0.1, 0.15) is 5.82 Å². The van der Waals surface area contributed by atoms with Crippen molar-refractivity contribution in [1.82, 2.24) is 15.2 Å². The first-order valence-electron chi connectivity index (χ1n) is 9.38. The predicted octanol–water partition coefficient (Wildman–Crippen LogP) is 3.29. The number of carbonyl (C=O) groups is 2. The summed E-state index contributed by atoms with van der Waals surface area (Å²) in [4.78, 5) is 30.3. The van der Waals surface area contributed by atoms with Gasteiger partial charge >= 0.3 is 0 Å². The number of rotatable bonds is 6. The minimum absolute atomic E-state index is 0.162. The molecule has 1 aliphatic rings. The van der Waals surface area contributed by atoms with Gasteiger partial charge in [0.2, 0.25) is 0 Å². The fourth-order valence-corrected chi connectivity index (χ4v) is 3.43. The van der Waals surface area contributed by atoms with Crippen molar-refractivity contribution in [2.24, 2.45) is 0 Å². The molecule has 1 aliphatic heterocycles. The second-order valence-electron chi connectivity index (χ2n) is 6.83. The summed E-state index contributed by atoms with van der Waals surface area (Å²) in [5, 5.41) is 5.67. The quantitative estimate of drug-likeness (QED) is 0.528. The highest BCUT2D eigenvalue weighted by molar-refractivity contribution is 6.34. The van der Waals surface area contributed by atoms with Crippen molar-refractivity contribution in [2.45, 2.75) is 27.7 Å². The largest absolute Gasteiger partial charge is 0.358 e. The topological polar surface area (TPSA) is 77.2 Å². The maximum atomic E-state index is 13.6. The molecule has 0 spiro atoms. The van der Waals surface area contributed by atoms with Crippen LogP contribution in [0.15, 0.2) is 18.2 Å². The molecule has 0 aliphatic carbocycles. The van der Waals surface area contributed by atoms with Crippen LogP contribution >= 0.6 is 0 Å². The van der Waals surface area contributed by atoms with Gasteiger partial charge in [0.15, 0.2) is 0 Å².